The highest BCUT2D eigenvalue weighted by Crippen LogP contribution is 2.31. The molecule has 0 aliphatic carbocycles. The lowest BCUT2D eigenvalue weighted by atomic mass is 10.1. The number of hydrogen-bond acceptors (Lipinski definition) is 3. The fourth-order valence-corrected chi connectivity index (χ4v) is 3.12. The number of anilines is 1. The standard InChI is InChI=1S/C16H17N3S/c1-11-3-5-13(6-4-11)9-19-10-14(17)15(18-19)16-12(2)7-8-20-16/h3-8,10H,9,17H2,1-2H3. The molecule has 0 saturated heterocycles. The lowest BCUT2D eigenvalue weighted by Crippen LogP contribution is -2.00. The Morgan fingerprint density at radius 2 is 1.90 bits per heavy atom. The highest BCUT2D eigenvalue weighted by molar-refractivity contribution is 7.13. The Kier molecular flexibility index (Phi) is 3.32. The summed E-state index contributed by atoms with van der Waals surface area (Å²) in [5.74, 6) is 0. The summed E-state index contributed by atoms with van der Waals surface area (Å²) >= 11 is 1.68. The van der Waals surface area contributed by atoms with Gasteiger partial charge in [-0.25, -0.2) is 0 Å². The van der Waals surface area contributed by atoms with Gasteiger partial charge in [0.15, 0.2) is 0 Å². The maximum Gasteiger partial charge on any atom is 0.125 e. The van der Waals surface area contributed by atoms with Crippen LogP contribution in [0.5, 0.6) is 0 Å². The normalized spacial score (nSPS) is 10.9. The first kappa shape index (κ1) is 12.9. The molecule has 2 heterocycles. The van der Waals surface area contributed by atoms with Crippen LogP contribution in [0.25, 0.3) is 10.6 Å². The number of aryl methyl sites for hydroxylation is 2. The summed E-state index contributed by atoms with van der Waals surface area (Å²) in [7, 11) is 0. The van der Waals surface area contributed by atoms with Crippen LogP contribution < -0.4 is 5.73 Å². The number of nitrogens with two attached hydrogens (primary N) is 1. The zero-order valence-electron chi connectivity index (χ0n) is 11.6. The Morgan fingerprint density at radius 1 is 1.15 bits per heavy atom. The maximum atomic E-state index is 6.10. The quantitative estimate of drug-likeness (QED) is 0.793. The molecule has 0 radical (unpaired) electrons. The van der Waals surface area contributed by atoms with Crippen LogP contribution in [0.3, 0.4) is 0 Å². The lowest BCUT2D eigenvalue weighted by molar-refractivity contribution is 0.689. The van der Waals surface area contributed by atoms with E-state index in [9.17, 15) is 0 Å². The molecule has 0 aliphatic heterocycles. The second kappa shape index (κ2) is 5.13. The van der Waals surface area contributed by atoms with Crippen LogP contribution >= 0.6 is 11.3 Å². The average Bonchev–Trinajstić information content (AvgIpc) is 2.98. The average molecular weight is 283 g/mol. The first-order valence-electron chi connectivity index (χ1n) is 6.56. The van der Waals surface area contributed by atoms with E-state index in [0.29, 0.717) is 0 Å². The molecular formula is C16H17N3S. The third-order valence-corrected chi connectivity index (χ3v) is 4.36. The number of thiophene rings is 1. The number of nitrogens with zero attached hydrogens (tertiary/aromatic N) is 2. The van der Waals surface area contributed by atoms with Crippen LogP contribution in [-0.2, 0) is 6.54 Å². The minimum absolute atomic E-state index is 0.739. The third kappa shape index (κ3) is 2.47. The summed E-state index contributed by atoms with van der Waals surface area (Å²) in [6.07, 6.45) is 1.91. The van der Waals surface area contributed by atoms with Gasteiger partial charge in [-0.1, -0.05) is 29.8 Å². The topological polar surface area (TPSA) is 43.8 Å². The van der Waals surface area contributed by atoms with E-state index in [1.807, 2.05) is 10.9 Å². The molecule has 20 heavy (non-hydrogen) atoms. The zero-order valence-corrected chi connectivity index (χ0v) is 12.4. The van der Waals surface area contributed by atoms with Gasteiger partial charge < -0.3 is 5.73 Å². The van der Waals surface area contributed by atoms with E-state index < -0.39 is 0 Å². The Bertz CT molecular complexity index is 723. The van der Waals surface area contributed by atoms with Gasteiger partial charge in [-0.05, 0) is 36.4 Å². The Balaban J connectivity index is 1.89. The molecule has 0 bridgehead atoms. The minimum Gasteiger partial charge on any atom is -0.396 e. The highest BCUT2D eigenvalue weighted by atomic mass is 32.1. The van der Waals surface area contributed by atoms with Crippen molar-refractivity contribution in [2.24, 2.45) is 0 Å². The van der Waals surface area contributed by atoms with E-state index in [1.54, 1.807) is 11.3 Å². The number of benzene rings is 1. The molecule has 3 nitrogen and oxygen atoms in total. The van der Waals surface area contributed by atoms with Crippen LogP contribution in [0.1, 0.15) is 16.7 Å². The van der Waals surface area contributed by atoms with E-state index >= 15 is 0 Å². The highest BCUT2D eigenvalue weighted by Gasteiger charge is 2.12. The SMILES string of the molecule is Cc1ccc(Cn2cc(N)c(-c3sccc3C)n2)cc1. The van der Waals surface area contributed by atoms with Gasteiger partial charge in [0.25, 0.3) is 0 Å². The molecule has 2 N–H and O–H groups in total. The van der Waals surface area contributed by atoms with E-state index in [4.69, 9.17) is 5.73 Å². The molecule has 0 amide bonds. The second-order valence-corrected chi connectivity index (χ2v) is 5.97. The van der Waals surface area contributed by atoms with Crippen LogP contribution in [0, 0.1) is 13.8 Å². The minimum atomic E-state index is 0.739. The van der Waals surface area contributed by atoms with Crippen molar-refractivity contribution in [3.05, 3.63) is 58.6 Å². The fraction of sp³-hybridized carbons (Fsp3) is 0.188. The maximum absolute atomic E-state index is 6.10. The predicted octanol–water partition coefficient (Wildman–Crippen LogP) is 3.86. The van der Waals surface area contributed by atoms with E-state index in [2.05, 4.69) is 54.7 Å². The Hall–Kier alpha value is -2.07. The molecule has 0 unspecified atom stereocenters. The zero-order chi connectivity index (χ0) is 14.1. The van der Waals surface area contributed by atoms with E-state index in [0.717, 1.165) is 22.8 Å². The fourth-order valence-electron chi connectivity index (χ4n) is 2.19. The third-order valence-electron chi connectivity index (χ3n) is 3.33. The van der Waals surface area contributed by atoms with Crippen LogP contribution in [0.4, 0.5) is 5.69 Å². The molecule has 0 atom stereocenters. The van der Waals surface area contributed by atoms with Crippen molar-refractivity contribution in [1.82, 2.24) is 9.78 Å². The summed E-state index contributed by atoms with van der Waals surface area (Å²) in [6, 6.07) is 10.6. The van der Waals surface area contributed by atoms with E-state index in [1.165, 1.54) is 16.7 Å². The summed E-state index contributed by atoms with van der Waals surface area (Å²) < 4.78 is 1.91. The van der Waals surface area contributed by atoms with Gasteiger partial charge >= 0.3 is 0 Å². The largest absolute Gasteiger partial charge is 0.396 e. The van der Waals surface area contributed by atoms with Crippen molar-refractivity contribution in [2.75, 3.05) is 5.73 Å². The summed E-state index contributed by atoms with van der Waals surface area (Å²) in [5.41, 5.74) is 11.5. The first-order chi connectivity index (χ1) is 9.63. The predicted molar refractivity (Wildman–Crippen MR) is 85.0 cm³/mol. The van der Waals surface area contributed by atoms with E-state index in [-0.39, 0.29) is 0 Å². The summed E-state index contributed by atoms with van der Waals surface area (Å²) in [5, 5.41) is 6.71. The molecule has 0 fully saturated rings. The molecule has 1 aromatic carbocycles. The number of nitrogen functional groups attached to an aromatic ring is 1. The molecule has 3 aromatic rings. The van der Waals surface area contributed by atoms with Crippen molar-refractivity contribution in [3.63, 3.8) is 0 Å². The second-order valence-electron chi connectivity index (χ2n) is 5.05. The van der Waals surface area contributed by atoms with Crippen LogP contribution in [0.2, 0.25) is 0 Å². The molecule has 2 aromatic heterocycles. The molecule has 0 spiro atoms. The first-order valence-corrected chi connectivity index (χ1v) is 7.44. The lowest BCUT2D eigenvalue weighted by Gasteiger charge is -2.02. The van der Waals surface area contributed by atoms with Crippen molar-refractivity contribution in [1.29, 1.82) is 0 Å². The van der Waals surface area contributed by atoms with Crippen molar-refractivity contribution in [3.8, 4) is 10.6 Å². The number of aromatic nitrogens is 2. The molecule has 0 saturated carbocycles. The van der Waals surface area contributed by atoms with Crippen LogP contribution in [-0.4, -0.2) is 9.78 Å². The monoisotopic (exact) mass is 283 g/mol. The molecule has 102 valence electrons. The van der Waals surface area contributed by atoms with Crippen molar-refractivity contribution in [2.45, 2.75) is 20.4 Å². The molecule has 3 rings (SSSR count). The molecule has 4 heteroatoms. The molecular weight excluding hydrogens is 266 g/mol. The van der Waals surface area contributed by atoms with Gasteiger partial charge in [0.05, 0.1) is 17.1 Å². The smallest absolute Gasteiger partial charge is 0.125 e. The van der Waals surface area contributed by atoms with Gasteiger partial charge in [-0.15, -0.1) is 11.3 Å². The van der Waals surface area contributed by atoms with Crippen molar-refractivity contribution >= 4 is 17.0 Å². The van der Waals surface area contributed by atoms with Gasteiger partial charge in [-0.2, -0.15) is 5.10 Å². The van der Waals surface area contributed by atoms with Crippen LogP contribution in [0.15, 0.2) is 41.9 Å². The van der Waals surface area contributed by atoms with Crippen molar-refractivity contribution < 1.29 is 0 Å². The van der Waals surface area contributed by atoms with Gasteiger partial charge in [0.2, 0.25) is 0 Å². The Morgan fingerprint density at radius 3 is 2.55 bits per heavy atom. The van der Waals surface area contributed by atoms with Gasteiger partial charge in [0.1, 0.15) is 5.69 Å². The summed E-state index contributed by atoms with van der Waals surface area (Å²) in [4.78, 5) is 1.16. The Labute approximate surface area is 122 Å². The van der Waals surface area contributed by atoms with Gasteiger partial charge in [0, 0.05) is 6.20 Å². The molecule has 0 aliphatic rings. The number of hydrogen-bond donors (Lipinski definition) is 1. The summed E-state index contributed by atoms with van der Waals surface area (Å²) in [6.45, 7) is 4.92. The number of rotatable bonds is 3. The van der Waals surface area contributed by atoms with Gasteiger partial charge in [-0.3, -0.25) is 4.68 Å².